The zero-order valence-corrected chi connectivity index (χ0v) is 9.74. The van der Waals surface area contributed by atoms with E-state index in [2.05, 4.69) is 0 Å². The van der Waals surface area contributed by atoms with Crippen molar-refractivity contribution in [3.8, 4) is 0 Å². The highest BCUT2D eigenvalue weighted by atomic mass is 16.4. The van der Waals surface area contributed by atoms with E-state index in [1.807, 2.05) is 12.1 Å². The van der Waals surface area contributed by atoms with Crippen molar-refractivity contribution in [1.29, 1.82) is 0 Å². The van der Waals surface area contributed by atoms with Crippen LogP contribution >= 0.6 is 0 Å². The largest absolute Gasteiger partial charge is 0.478 e. The van der Waals surface area contributed by atoms with Crippen molar-refractivity contribution < 1.29 is 23.8 Å². The molecule has 0 aliphatic rings. The fourth-order valence-electron chi connectivity index (χ4n) is 2.06. The third kappa shape index (κ3) is 1.80. The number of fused-ring (bicyclic) bond motifs is 1. The van der Waals surface area contributed by atoms with Crippen molar-refractivity contribution in [2.24, 2.45) is 0 Å². The summed E-state index contributed by atoms with van der Waals surface area (Å²) in [5.74, 6) is -1.14. The van der Waals surface area contributed by atoms with Crippen LogP contribution in [0.2, 0.25) is 0 Å². The number of hydrogen-bond donors (Lipinski definition) is 2. The molecule has 19 heavy (non-hydrogen) atoms. The van der Waals surface area contributed by atoms with Crippen LogP contribution in [-0.4, -0.2) is 16.2 Å². The second kappa shape index (κ2) is 4.29. The molecule has 1 aromatic carbocycles. The molecule has 0 saturated heterocycles. The van der Waals surface area contributed by atoms with Crippen molar-refractivity contribution in [2.75, 3.05) is 0 Å². The molecule has 2 aromatic heterocycles. The lowest BCUT2D eigenvalue weighted by Gasteiger charge is -2.07. The summed E-state index contributed by atoms with van der Waals surface area (Å²) in [5.41, 5.74) is 1.05. The maximum atomic E-state index is 11.0. The van der Waals surface area contributed by atoms with Crippen LogP contribution in [-0.2, 0) is 0 Å². The van der Waals surface area contributed by atoms with E-state index in [1.54, 1.807) is 12.1 Å². The molecule has 5 nitrogen and oxygen atoms in total. The Kier molecular flexibility index (Phi) is 2.61. The van der Waals surface area contributed by atoms with Gasteiger partial charge in [0, 0.05) is 10.9 Å². The van der Waals surface area contributed by atoms with Gasteiger partial charge < -0.3 is 19.0 Å². The number of aromatic carboxylic acids is 1. The van der Waals surface area contributed by atoms with Gasteiger partial charge >= 0.3 is 5.97 Å². The van der Waals surface area contributed by atoms with Gasteiger partial charge in [-0.05, 0) is 12.1 Å². The number of benzene rings is 1. The summed E-state index contributed by atoms with van der Waals surface area (Å²) in [4.78, 5) is 11.0. The number of aliphatic hydroxyl groups is 1. The lowest BCUT2D eigenvalue weighted by atomic mass is 10.0. The van der Waals surface area contributed by atoms with Crippen LogP contribution in [0.25, 0.3) is 11.0 Å². The van der Waals surface area contributed by atoms with E-state index in [0.29, 0.717) is 11.1 Å². The van der Waals surface area contributed by atoms with E-state index in [0.717, 1.165) is 5.39 Å². The summed E-state index contributed by atoms with van der Waals surface area (Å²) >= 11 is 0. The van der Waals surface area contributed by atoms with Crippen LogP contribution in [0.3, 0.4) is 0 Å². The number of carboxylic acids is 1. The van der Waals surface area contributed by atoms with Gasteiger partial charge in [0.2, 0.25) is 0 Å². The van der Waals surface area contributed by atoms with Gasteiger partial charge in [0.1, 0.15) is 17.3 Å². The highest BCUT2D eigenvalue weighted by Gasteiger charge is 2.24. The van der Waals surface area contributed by atoms with Crippen LogP contribution in [0.1, 0.15) is 27.8 Å². The number of furan rings is 2. The van der Waals surface area contributed by atoms with Gasteiger partial charge in [-0.15, -0.1) is 0 Å². The minimum atomic E-state index is -1.18. The maximum absolute atomic E-state index is 11.0. The third-order valence-corrected chi connectivity index (χ3v) is 2.98. The monoisotopic (exact) mass is 258 g/mol. The molecule has 2 heterocycles. The first-order chi connectivity index (χ1) is 9.18. The van der Waals surface area contributed by atoms with Crippen molar-refractivity contribution in [1.82, 2.24) is 0 Å². The molecule has 3 rings (SSSR count). The van der Waals surface area contributed by atoms with Gasteiger partial charge in [0.15, 0.2) is 5.76 Å². The third-order valence-electron chi connectivity index (χ3n) is 2.98. The number of rotatable bonds is 3. The Labute approximate surface area is 107 Å². The van der Waals surface area contributed by atoms with Crippen LogP contribution < -0.4 is 0 Å². The molecule has 0 aliphatic heterocycles. The lowest BCUT2D eigenvalue weighted by molar-refractivity contribution is 0.0687. The number of aliphatic hydroxyl groups excluding tert-OH is 1. The summed E-state index contributed by atoms with van der Waals surface area (Å²) < 4.78 is 10.4. The number of hydrogen-bond acceptors (Lipinski definition) is 4. The Balaban J connectivity index is 2.11. The smallest absolute Gasteiger partial charge is 0.339 e. The molecule has 3 aromatic rings. The maximum Gasteiger partial charge on any atom is 0.339 e. The van der Waals surface area contributed by atoms with E-state index in [1.165, 1.54) is 18.6 Å². The van der Waals surface area contributed by atoms with E-state index in [-0.39, 0.29) is 11.3 Å². The number of carboxylic acid groups (broad SMARTS) is 1. The molecule has 0 bridgehead atoms. The van der Waals surface area contributed by atoms with Crippen LogP contribution in [0.5, 0.6) is 0 Å². The van der Waals surface area contributed by atoms with Gasteiger partial charge in [-0.3, -0.25) is 0 Å². The first-order valence-electron chi connectivity index (χ1n) is 5.63. The zero-order chi connectivity index (χ0) is 13.4. The Morgan fingerprint density at radius 2 is 1.95 bits per heavy atom. The van der Waals surface area contributed by atoms with Crippen LogP contribution in [0.4, 0.5) is 0 Å². The quantitative estimate of drug-likeness (QED) is 0.754. The first kappa shape index (κ1) is 11.6. The molecule has 5 heteroatoms. The molecular formula is C14H10O5. The lowest BCUT2D eigenvalue weighted by Crippen LogP contribution is -2.05. The highest BCUT2D eigenvalue weighted by molar-refractivity contribution is 5.89. The van der Waals surface area contributed by atoms with Gasteiger partial charge in [0.05, 0.1) is 12.5 Å². The fourth-order valence-corrected chi connectivity index (χ4v) is 2.06. The van der Waals surface area contributed by atoms with Crippen molar-refractivity contribution >= 4 is 16.9 Å². The predicted octanol–water partition coefficient (Wildman–Crippen LogP) is 2.81. The Hall–Kier alpha value is -2.53. The normalized spacial score (nSPS) is 12.7. The zero-order valence-electron chi connectivity index (χ0n) is 9.74. The molecule has 1 atom stereocenters. The molecule has 2 N–H and O–H groups in total. The molecular weight excluding hydrogens is 248 g/mol. The molecule has 1 unspecified atom stereocenters. The summed E-state index contributed by atoms with van der Waals surface area (Å²) in [6.07, 6.45) is 1.47. The highest BCUT2D eigenvalue weighted by Crippen LogP contribution is 2.32. The average molecular weight is 258 g/mol. The molecule has 0 saturated carbocycles. The minimum Gasteiger partial charge on any atom is -0.478 e. The standard InChI is InChI=1S/C14H10O5/c15-12(13-9(14(16)17)5-6-18-13)10-7-19-11-4-2-1-3-8(10)11/h1-7,12,15H,(H,16,17). The van der Waals surface area contributed by atoms with Gasteiger partial charge in [0.25, 0.3) is 0 Å². The van der Waals surface area contributed by atoms with Gasteiger partial charge in [-0.25, -0.2) is 4.79 Å². The fraction of sp³-hybridized carbons (Fsp3) is 0.0714. The predicted molar refractivity (Wildman–Crippen MR) is 65.9 cm³/mol. The molecule has 0 amide bonds. The average Bonchev–Trinajstić information content (AvgIpc) is 3.05. The summed E-state index contributed by atoms with van der Waals surface area (Å²) in [7, 11) is 0. The topological polar surface area (TPSA) is 83.8 Å². The van der Waals surface area contributed by atoms with E-state index >= 15 is 0 Å². The summed E-state index contributed by atoms with van der Waals surface area (Å²) in [5, 5.41) is 20.0. The van der Waals surface area contributed by atoms with Crippen molar-refractivity contribution in [3.05, 3.63) is 59.7 Å². The summed E-state index contributed by atoms with van der Waals surface area (Å²) in [6.45, 7) is 0. The van der Waals surface area contributed by atoms with E-state index < -0.39 is 12.1 Å². The van der Waals surface area contributed by atoms with E-state index in [4.69, 9.17) is 13.9 Å². The molecule has 0 spiro atoms. The molecule has 0 radical (unpaired) electrons. The first-order valence-corrected chi connectivity index (χ1v) is 5.63. The van der Waals surface area contributed by atoms with Crippen molar-refractivity contribution in [3.63, 3.8) is 0 Å². The summed E-state index contributed by atoms with van der Waals surface area (Å²) in [6, 6.07) is 8.50. The SMILES string of the molecule is O=C(O)c1ccoc1C(O)c1coc2ccccc12. The Morgan fingerprint density at radius 1 is 1.16 bits per heavy atom. The Bertz CT molecular complexity index is 737. The minimum absolute atomic E-state index is 0.000877. The molecule has 0 aliphatic carbocycles. The van der Waals surface area contributed by atoms with E-state index in [9.17, 15) is 9.90 Å². The van der Waals surface area contributed by atoms with Crippen molar-refractivity contribution in [2.45, 2.75) is 6.10 Å². The Morgan fingerprint density at radius 3 is 2.74 bits per heavy atom. The van der Waals surface area contributed by atoms with Gasteiger partial charge in [-0.2, -0.15) is 0 Å². The number of para-hydroxylation sites is 1. The van der Waals surface area contributed by atoms with Gasteiger partial charge in [-0.1, -0.05) is 18.2 Å². The second-order valence-electron chi connectivity index (χ2n) is 4.09. The van der Waals surface area contributed by atoms with Crippen LogP contribution in [0.15, 0.2) is 51.7 Å². The van der Waals surface area contributed by atoms with Crippen LogP contribution in [0, 0.1) is 0 Å². The molecule has 0 fully saturated rings. The second-order valence-corrected chi connectivity index (χ2v) is 4.09. The number of carbonyl (C=O) groups is 1. The molecule has 96 valence electrons.